The van der Waals surface area contributed by atoms with Gasteiger partial charge in [0.25, 0.3) is 5.56 Å². The molecule has 30 heavy (non-hydrogen) atoms. The van der Waals surface area contributed by atoms with Crippen LogP contribution in [0.25, 0.3) is 5.65 Å². The SMILES string of the molecule is O=c1c2nnc(C3CCOCC3)n2cc(Cc2ccccc2)n1CC1CCCCC1. The Balaban J connectivity index is 1.58. The van der Waals surface area contributed by atoms with E-state index >= 15 is 0 Å². The fourth-order valence-corrected chi connectivity index (χ4v) is 5.05. The first kappa shape index (κ1) is 19.5. The van der Waals surface area contributed by atoms with Gasteiger partial charge in [0.15, 0.2) is 0 Å². The maximum Gasteiger partial charge on any atom is 0.296 e. The summed E-state index contributed by atoms with van der Waals surface area (Å²) in [4.78, 5) is 13.5. The van der Waals surface area contributed by atoms with Gasteiger partial charge >= 0.3 is 0 Å². The van der Waals surface area contributed by atoms with Gasteiger partial charge in [-0.25, -0.2) is 0 Å². The minimum absolute atomic E-state index is 0.000172. The van der Waals surface area contributed by atoms with Crippen LogP contribution in [-0.4, -0.2) is 32.4 Å². The molecule has 158 valence electrons. The molecule has 0 amide bonds. The van der Waals surface area contributed by atoms with Gasteiger partial charge in [-0.05, 0) is 37.2 Å². The van der Waals surface area contributed by atoms with Gasteiger partial charge in [0.2, 0.25) is 5.65 Å². The van der Waals surface area contributed by atoms with Crippen molar-refractivity contribution in [1.82, 2.24) is 19.2 Å². The minimum Gasteiger partial charge on any atom is -0.381 e. The van der Waals surface area contributed by atoms with Crippen molar-refractivity contribution in [1.29, 1.82) is 0 Å². The molecule has 0 atom stereocenters. The highest BCUT2D eigenvalue weighted by atomic mass is 16.5. The third-order valence-electron chi connectivity index (χ3n) is 6.76. The van der Waals surface area contributed by atoms with E-state index in [0.717, 1.165) is 50.5 Å². The lowest BCUT2D eigenvalue weighted by atomic mass is 9.89. The van der Waals surface area contributed by atoms with Crippen molar-refractivity contribution in [2.45, 2.75) is 63.8 Å². The van der Waals surface area contributed by atoms with Gasteiger partial charge in [-0.2, -0.15) is 0 Å². The molecular weight excluding hydrogens is 376 g/mol. The van der Waals surface area contributed by atoms with Gasteiger partial charge < -0.3 is 9.30 Å². The average Bonchev–Trinajstić information content (AvgIpc) is 3.22. The van der Waals surface area contributed by atoms with Gasteiger partial charge in [-0.1, -0.05) is 49.6 Å². The molecule has 3 heterocycles. The summed E-state index contributed by atoms with van der Waals surface area (Å²) in [5.74, 6) is 1.78. The van der Waals surface area contributed by atoms with Crippen LogP contribution >= 0.6 is 0 Å². The molecule has 0 spiro atoms. The molecule has 2 aromatic heterocycles. The highest BCUT2D eigenvalue weighted by Crippen LogP contribution is 2.27. The van der Waals surface area contributed by atoms with Crippen LogP contribution in [0.1, 0.15) is 67.9 Å². The monoisotopic (exact) mass is 406 g/mol. The van der Waals surface area contributed by atoms with E-state index in [0.29, 0.717) is 17.5 Å². The first-order chi connectivity index (χ1) is 14.8. The van der Waals surface area contributed by atoms with E-state index in [9.17, 15) is 4.79 Å². The van der Waals surface area contributed by atoms with Crippen LogP contribution in [0, 0.1) is 5.92 Å². The lowest BCUT2D eigenvalue weighted by Crippen LogP contribution is -2.30. The lowest BCUT2D eigenvalue weighted by Gasteiger charge is -2.24. The van der Waals surface area contributed by atoms with Crippen LogP contribution in [0.4, 0.5) is 0 Å². The fraction of sp³-hybridized carbons (Fsp3) is 0.542. The van der Waals surface area contributed by atoms with E-state index in [-0.39, 0.29) is 5.56 Å². The number of benzene rings is 1. The summed E-state index contributed by atoms with van der Waals surface area (Å²) in [5, 5.41) is 8.79. The first-order valence-electron chi connectivity index (χ1n) is 11.4. The molecule has 2 aliphatic rings. The Bertz CT molecular complexity index is 1040. The van der Waals surface area contributed by atoms with Crippen LogP contribution in [0.3, 0.4) is 0 Å². The van der Waals surface area contributed by atoms with Crippen molar-refractivity contribution < 1.29 is 4.74 Å². The molecule has 3 aromatic rings. The second kappa shape index (κ2) is 8.72. The van der Waals surface area contributed by atoms with E-state index in [2.05, 4.69) is 40.7 Å². The summed E-state index contributed by atoms with van der Waals surface area (Å²) < 4.78 is 9.47. The summed E-state index contributed by atoms with van der Waals surface area (Å²) >= 11 is 0. The number of hydrogen-bond donors (Lipinski definition) is 0. The summed E-state index contributed by atoms with van der Waals surface area (Å²) in [7, 11) is 0. The Morgan fingerprint density at radius 3 is 2.50 bits per heavy atom. The van der Waals surface area contributed by atoms with Crippen molar-refractivity contribution >= 4 is 5.65 Å². The zero-order valence-corrected chi connectivity index (χ0v) is 17.5. The second-order valence-electron chi connectivity index (χ2n) is 8.84. The van der Waals surface area contributed by atoms with E-state index in [4.69, 9.17) is 4.74 Å². The number of rotatable bonds is 5. The molecule has 1 saturated carbocycles. The van der Waals surface area contributed by atoms with E-state index in [1.54, 1.807) is 0 Å². The molecular formula is C24H30N4O2. The lowest BCUT2D eigenvalue weighted by molar-refractivity contribution is 0.0834. The molecule has 6 heteroatoms. The van der Waals surface area contributed by atoms with Crippen molar-refractivity contribution in [3.8, 4) is 0 Å². The van der Waals surface area contributed by atoms with Crippen LogP contribution in [-0.2, 0) is 17.7 Å². The Hall–Kier alpha value is -2.47. The molecule has 5 rings (SSSR count). The number of hydrogen-bond acceptors (Lipinski definition) is 4. The molecule has 1 aliphatic carbocycles. The van der Waals surface area contributed by atoms with E-state index < -0.39 is 0 Å². The molecule has 1 aliphatic heterocycles. The number of nitrogens with zero attached hydrogens (tertiary/aromatic N) is 4. The van der Waals surface area contributed by atoms with Crippen molar-refractivity contribution in [2.75, 3.05) is 13.2 Å². The topological polar surface area (TPSA) is 61.4 Å². The molecule has 0 bridgehead atoms. The average molecular weight is 407 g/mol. The summed E-state index contributed by atoms with van der Waals surface area (Å²) in [5.41, 5.74) is 2.73. The molecule has 1 aromatic carbocycles. The largest absolute Gasteiger partial charge is 0.381 e. The van der Waals surface area contributed by atoms with Crippen LogP contribution < -0.4 is 5.56 Å². The maximum atomic E-state index is 13.5. The van der Waals surface area contributed by atoms with Gasteiger partial charge in [0.1, 0.15) is 5.82 Å². The van der Waals surface area contributed by atoms with Crippen LogP contribution in [0.5, 0.6) is 0 Å². The Morgan fingerprint density at radius 1 is 0.967 bits per heavy atom. The van der Waals surface area contributed by atoms with Crippen molar-refractivity contribution in [2.24, 2.45) is 5.92 Å². The smallest absolute Gasteiger partial charge is 0.296 e. The van der Waals surface area contributed by atoms with Crippen LogP contribution in [0.2, 0.25) is 0 Å². The highest BCUT2D eigenvalue weighted by Gasteiger charge is 2.24. The predicted molar refractivity (Wildman–Crippen MR) is 116 cm³/mol. The van der Waals surface area contributed by atoms with Gasteiger partial charge in [0.05, 0.1) is 0 Å². The Morgan fingerprint density at radius 2 is 1.73 bits per heavy atom. The third kappa shape index (κ3) is 3.93. The standard InChI is InChI=1S/C24H30N4O2/c29-24-23-26-25-22(20-11-13-30-14-12-20)28(23)17-21(15-18-7-3-1-4-8-18)27(24)16-19-9-5-2-6-10-19/h1,3-4,7-8,17,19-20H,2,5-6,9-16H2. The van der Waals surface area contributed by atoms with Crippen LogP contribution in [0.15, 0.2) is 41.3 Å². The maximum absolute atomic E-state index is 13.5. The van der Waals surface area contributed by atoms with Crippen molar-refractivity contribution in [3.63, 3.8) is 0 Å². The quantitative estimate of drug-likeness (QED) is 0.644. The molecule has 0 radical (unpaired) electrons. The highest BCUT2D eigenvalue weighted by molar-refractivity contribution is 5.38. The zero-order chi connectivity index (χ0) is 20.3. The number of aromatic nitrogens is 4. The van der Waals surface area contributed by atoms with Gasteiger partial charge in [-0.15, -0.1) is 10.2 Å². The predicted octanol–water partition coefficient (Wildman–Crippen LogP) is 3.96. The summed E-state index contributed by atoms with van der Waals surface area (Å²) in [6, 6.07) is 10.4. The minimum atomic E-state index is -0.000172. The second-order valence-corrected chi connectivity index (χ2v) is 8.84. The van der Waals surface area contributed by atoms with Gasteiger partial charge in [0, 0.05) is 44.0 Å². The molecule has 2 fully saturated rings. The molecule has 0 unspecified atom stereocenters. The fourth-order valence-electron chi connectivity index (χ4n) is 5.05. The number of ether oxygens (including phenoxy) is 1. The molecule has 0 N–H and O–H groups in total. The summed E-state index contributed by atoms with van der Waals surface area (Å²) in [6.45, 7) is 2.28. The summed E-state index contributed by atoms with van der Waals surface area (Å²) in [6.07, 6.45) is 11.0. The number of fused-ring (bicyclic) bond motifs is 1. The molecule has 6 nitrogen and oxygen atoms in total. The third-order valence-corrected chi connectivity index (χ3v) is 6.76. The zero-order valence-electron chi connectivity index (χ0n) is 17.5. The van der Waals surface area contributed by atoms with Gasteiger partial charge in [-0.3, -0.25) is 9.20 Å². The molecule has 1 saturated heterocycles. The van der Waals surface area contributed by atoms with E-state index in [1.807, 2.05) is 15.0 Å². The Labute approximate surface area is 176 Å². The Kier molecular flexibility index (Phi) is 5.67. The van der Waals surface area contributed by atoms with E-state index in [1.165, 1.54) is 37.7 Å². The van der Waals surface area contributed by atoms with Crippen molar-refractivity contribution in [3.05, 3.63) is 64.0 Å². The first-order valence-corrected chi connectivity index (χ1v) is 11.4. The normalized spacial score (nSPS) is 18.8.